The number of rotatable bonds is 4. The molecule has 0 spiro atoms. The summed E-state index contributed by atoms with van der Waals surface area (Å²) in [5.41, 5.74) is 0.673. The molecule has 0 unspecified atom stereocenters. The lowest BCUT2D eigenvalue weighted by molar-refractivity contribution is 0.0988. The number of carbonyl (C=O) groups excluding carboxylic acids is 1. The van der Waals surface area contributed by atoms with Crippen LogP contribution in [0, 0.1) is 0 Å². The number of ketones is 1. The maximum Gasteiger partial charge on any atom is 0.162 e. The molecule has 2 nitrogen and oxygen atoms in total. The van der Waals surface area contributed by atoms with Crippen LogP contribution in [-0.4, -0.2) is 5.78 Å². The van der Waals surface area contributed by atoms with E-state index < -0.39 is 0 Å². The summed E-state index contributed by atoms with van der Waals surface area (Å²) in [6.45, 7) is 1.83. The molecule has 2 aromatic carbocycles. The molecule has 0 atom stereocenters. The molecule has 0 N–H and O–H groups in total. The van der Waals surface area contributed by atoms with Crippen molar-refractivity contribution in [1.82, 2.24) is 0 Å². The van der Waals surface area contributed by atoms with Crippen LogP contribution >= 0.6 is 23.2 Å². The quantitative estimate of drug-likeness (QED) is 0.708. The molecule has 0 aromatic heterocycles. The average Bonchev–Trinajstić information content (AvgIpc) is 2.44. The Morgan fingerprint density at radius 1 is 1.11 bits per heavy atom. The molecule has 0 amide bonds. The zero-order valence-corrected chi connectivity index (χ0v) is 11.8. The first-order valence-corrected chi connectivity index (χ1v) is 6.62. The number of halogens is 2. The summed E-state index contributed by atoms with van der Waals surface area (Å²) in [5.74, 6) is 1.20. The third-order valence-electron chi connectivity index (χ3n) is 2.64. The van der Waals surface area contributed by atoms with Gasteiger partial charge in [0.1, 0.15) is 16.5 Å². The second kappa shape index (κ2) is 6.09. The molecule has 0 saturated heterocycles. The van der Waals surface area contributed by atoms with Gasteiger partial charge in [-0.2, -0.15) is 0 Å². The fourth-order valence-electron chi connectivity index (χ4n) is 1.60. The predicted molar refractivity (Wildman–Crippen MR) is 77.6 cm³/mol. The lowest BCUT2D eigenvalue weighted by Crippen LogP contribution is -1.95. The Hall–Kier alpha value is -1.51. The van der Waals surface area contributed by atoms with Gasteiger partial charge in [0.15, 0.2) is 5.78 Å². The zero-order valence-electron chi connectivity index (χ0n) is 10.3. The van der Waals surface area contributed by atoms with Crippen LogP contribution in [0.15, 0.2) is 42.5 Å². The number of benzene rings is 2. The molecule has 0 heterocycles. The minimum absolute atomic E-state index is 0.104. The molecule has 0 aliphatic heterocycles. The van der Waals surface area contributed by atoms with E-state index in [4.69, 9.17) is 27.9 Å². The molecule has 19 heavy (non-hydrogen) atoms. The molecule has 0 aliphatic carbocycles. The second-order valence-corrected chi connectivity index (χ2v) is 4.74. The zero-order chi connectivity index (χ0) is 13.8. The van der Waals surface area contributed by atoms with E-state index in [0.29, 0.717) is 33.5 Å². The molecule has 4 heteroatoms. The molecule has 0 aliphatic rings. The summed E-state index contributed by atoms with van der Waals surface area (Å²) >= 11 is 11.9. The largest absolute Gasteiger partial charge is 0.456 e. The van der Waals surface area contributed by atoms with E-state index in [1.165, 1.54) is 0 Å². The number of ether oxygens (including phenoxy) is 1. The van der Waals surface area contributed by atoms with E-state index in [9.17, 15) is 4.79 Å². The van der Waals surface area contributed by atoms with Crippen molar-refractivity contribution in [1.29, 1.82) is 0 Å². The first-order chi connectivity index (χ1) is 9.11. The van der Waals surface area contributed by atoms with Gasteiger partial charge >= 0.3 is 0 Å². The Morgan fingerprint density at radius 2 is 1.79 bits per heavy atom. The van der Waals surface area contributed by atoms with Crippen molar-refractivity contribution in [3.05, 3.63) is 58.1 Å². The van der Waals surface area contributed by atoms with Gasteiger partial charge in [-0.15, -0.1) is 0 Å². The van der Waals surface area contributed by atoms with Gasteiger partial charge in [-0.05, 0) is 36.4 Å². The Bertz CT molecular complexity index is 592. The summed E-state index contributed by atoms with van der Waals surface area (Å²) in [5, 5.41) is 0.815. The molecule has 2 rings (SSSR count). The maximum absolute atomic E-state index is 11.5. The third-order valence-corrected chi connectivity index (χ3v) is 3.44. The van der Waals surface area contributed by atoms with Crippen LogP contribution in [0.5, 0.6) is 11.5 Å². The van der Waals surface area contributed by atoms with Gasteiger partial charge in [-0.25, -0.2) is 0 Å². The SMILES string of the molecule is CCC(=O)c1ccc(Oc2cccc(Cl)c2Cl)cc1. The van der Waals surface area contributed by atoms with E-state index in [-0.39, 0.29) is 5.78 Å². The van der Waals surface area contributed by atoms with Gasteiger partial charge in [0.25, 0.3) is 0 Å². The predicted octanol–water partition coefficient (Wildman–Crippen LogP) is 5.38. The van der Waals surface area contributed by atoms with Gasteiger partial charge in [-0.3, -0.25) is 4.79 Å². The van der Waals surface area contributed by atoms with Crippen molar-refractivity contribution in [2.45, 2.75) is 13.3 Å². The van der Waals surface area contributed by atoms with E-state index in [1.54, 1.807) is 42.5 Å². The number of hydrogen-bond acceptors (Lipinski definition) is 2. The number of carbonyl (C=O) groups is 1. The summed E-state index contributed by atoms with van der Waals surface area (Å²) in [6, 6.07) is 12.1. The fraction of sp³-hybridized carbons (Fsp3) is 0.133. The smallest absolute Gasteiger partial charge is 0.162 e. The first-order valence-electron chi connectivity index (χ1n) is 5.87. The normalized spacial score (nSPS) is 10.3. The minimum Gasteiger partial charge on any atom is -0.456 e. The lowest BCUT2D eigenvalue weighted by Gasteiger charge is -2.08. The molecular formula is C15H12Cl2O2. The van der Waals surface area contributed by atoms with Crippen molar-refractivity contribution < 1.29 is 9.53 Å². The van der Waals surface area contributed by atoms with E-state index >= 15 is 0 Å². The van der Waals surface area contributed by atoms with Crippen molar-refractivity contribution in [2.75, 3.05) is 0 Å². The summed E-state index contributed by atoms with van der Waals surface area (Å²) in [6.07, 6.45) is 0.486. The van der Waals surface area contributed by atoms with Crippen LogP contribution in [-0.2, 0) is 0 Å². The van der Waals surface area contributed by atoms with E-state index in [2.05, 4.69) is 0 Å². The van der Waals surface area contributed by atoms with Gasteiger partial charge in [0, 0.05) is 12.0 Å². The Kier molecular flexibility index (Phi) is 4.46. The maximum atomic E-state index is 11.5. The number of hydrogen-bond donors (Lipinski definition) is 0. The topological polar surface area (TPSA) is 26.3 Å². The highest BCUT2D eigenvalue weighted by atomic mass is 35.5. The average molecular weight is 295 g/mol. The van der Waals surface area contributed by atoms with Crippen LogP contribution in [0.2, 0.25) is 10.0 Å². The second-order valence-electron chi connectivity index (χ2n) is 3.96. The molecule has 0 fully saturated rings. The molecule has 98 valence electrons. The lowest BCUT2D eigenvalue weighted by atomic mass is 10.1. The summed E-state index contributed by atoms with van der Waals surface area (Å²) in [7, 11) is 0. The van der Waals surface area contributed by atoms with Crippen LogP contribution in [0.1, 0.15) is 23.7 Å². The van der Waals surface area contributed by atoms with Gasteiger partial charge in [0.2, 0.25) is 0 Å². The Morgan fingerprint density at radius 3 is 2.42 bits per heavy atom. The Labute approximate surface area is 121 Å². The third kappa shape index (κ3) is 3.28. The van der Waals surface area contributed by atoms with Crippen LogP contribution in [0.4, 0.5) is 0 Å². The van der Waals surface area contributed by atoms with E-state index in [1.807, 2.05) is 6.92 Å². The highest BCUT2D eigenvalue weighted by Crippen LogP contribution is 2.34. The number of Topliss-reactive ketones (excluding diaryl/α,β-unsaturated/α-hetero) is 1. The van der Waals surface area contributed by atoms with Crippen molar-refractivity contribution in [3.63, 3.8) is 0 Å². The van der Waals surface area contributed by atoms with Crippen molar-refractivity contribution in [2.24, 2.45) is 0 Å². The summed E-state index contributed by atoms with van der Waals surface area (Å²) < 4.78 is 5.63. The van der Waals surface area contributed by atoms with Gasteiger partial charge in [-0.1, -0.05) is 36.2 Å². The van der Waals surface area contributed by atoms with Gasteiger partial charge in [0.05, 0.1) is 5.02 Å². The standard InChI is InChI=1S/C15H12Cl2O2/c1-2-13(18)10-6-8-11(9-7-10)19-14-5-3-4-12(16)15(14)17/h3-9H,2H2,1H3. The van der Waals surface area contributed by atoms with Crippen LogP contribution < -0.4 is 4.74 Å². The molecule has 0 radical (unpaired) electrons. The summed E-state index contributed by atoms with van der Waals surface area (Å²) in [4.78, 5) is 11.5. The first kappa shape index (κ1) is 13.9. The van der Waals surface area contributed by atoms with Crippen LogP contribution in [0.3, 0.4) is 0 Å². The minimum atomic E-state index is 0.104. The van der Waals surface area contributed by atoms with Gasteiger partial charge < -0.3 is 4.74 Å². The molecule has 2 aromatic rings. The van der Waals surface area contributed by atoms with Crippen molar-refractivity contribution >= 4 is 29.0 Å². The van der Waals surface area contributed by atoms with Crippen molar-refractivity contribution in [3.8, 4) is 11.5 Å². The fourth-order valence-corrected chi connectivity index (χ4v) is 1.93. The molecular weight excluding hydrogens is 283 g/mol. The highest BCUT2D eigenvalue weighted by Gasteiger charge is 2.07. The highest BCUT2D eigenvalue weighted by molar-refractivity contribution is 6.42. The Balaban J connectivity index is 2.20. The van der Waals surface area contributed by atoms with Crippen LogP contribution in [0.25, 0.3) is 0 Å². The molecule has 0 bridgehead atoms. The molecule has 0 saturated carbocycles. The van der Waals surface area contributed by atoms with E-state index in [0.717, 1.165) is 0 Å². The monoisotopic (exact) mass is 294 g/mol.